The lowest BCUT2D eigenvalue weighted by Gasteiger charge is -2.21. The van der Waals surface area contributed by atoms with E-state index in [0.29, 0.717) is 5.56 Å². The zero-order valence-corrected chi connectivity index (χ0v) is 12.7. The van der Waals surface area contributed by atoms with Gasteiger partial charge in [0.05, 0.1) is 0 Å². The Bertz CT molecular complexity index is 595. The Balaban J connectivity index is 2.08. The van der Waals surface area contributed by atoms with Crippen molar-refractivity contribution in [1.82, 2.24) is 5.32 Å². The molecule has 2 N–H and O–H groups in total. The van der Waals surface area contributed by atoms with Gasteiger partial charge in [0.25, 0.3) is 0 Å². The number of phenolic OH excluding ortho intramolecular Hbond substituents is 1. The molecule has 0 saturated carbocycles. The van der Waals surface area contributed by atoms with E-state index in [1.807, 2.05) is 6.92 Å². The van der Waals surface area contributed by atoms with Crippen molar-refractivity contribution in [3.63, 3.8) is 0 Å². The lowest BCUT2D eigenvalue weighted by Crippen LogP contribution is -2.22. The van der Waals surface area contributed by atoms with Gasteiger partial charge in [0.15, 0.2) is 0 Å². The minimum Gasteiger partial charge on any atom is -0.508 e. The molecule has 0 aliphatic carbocycles. The summed E-state index contributed by atoms with van der Waals surface area (Å²) in [6.07, 6.45) is 1.03. The van der Waals surface area contributed by atoms with E-state index in [4.69, 9.17) is 0 Å². The highest BCUT2D eigenvalue weighted by Gasteiger charge is 2.14. The Morgan fingerprint density at radius 1 is 1.05 bits per heavy atom. The summed E-state index contributed by atoms with van der Waals surface area (Å²) in [5.74, 6) is -0.435. The van der Waals surface area contributed by atoms with Gasteiger partial charge in [-0.15, -0.1) is 0 Å². The molecule has 3 heteroatoms. The predicted octanol–water partition coefficient (Wildman–Crippen LogP) is 4.51. The van der Waals surface area contributed by atoms with Gasteiger partial charge in [-0.1, -0.05) is 37.3 Å². The molecule has 0 saturated heterocycles. The molecule has 2 nitrogen and oxygen atoms in total. The van der Waals surface area contributed by atoms with Crippen molar-refractivity contribution in [3.8, 4) is 5.75 Å². The average Bonchev–Trinajstić information content (AvgIpc) is 2.47. The quantitative estimate of drug-likeness (QED) is 0.848. The maximum Gasteiger partial charge on any atom is 0.126 e. The van der Waals surface area contributed by atoms with Crippen LogP contribution >= 0.6 is 0 Å². The van der Waals surface area contributed by atoms with E-state index in [9.17, 15) is 9.50 Å². The first-order valence-corrected chi connectivity index (χ1v) is 7.34. The number of phenols is 1. The number of hydrogen-bond acceptors (Lipinski definition) is 2. The fourth-order valence-corrected chi connectivity index (χ4v) is 2.49. The van der Waals surface area contributed by atoms with Crippen LogP contribution in [0.3, 0.4) is 0 Å². The topological polar surface area (TPSA) is 32.3 Å². The summed E-state index contributed by atoms with van der Waals surface area (Å²) < 4.78 is 13.0. The Hall–Kier alpha value is -1.87. The summed E-state index contributed by atoms with van der Waals surface area (Å²) in [6.45, 7) is 6.18. The zero-order chi connectivity index (χ0) is 15.4. The molecular formula is C18H22FNO. The number of aromatic hydroxyl groups is 1. The van der Waals surface area contributed by atoms with Crippen LogP contribution in [0.2, 0.25) is 0 Å². The molecule has 2 rings (SSSR count). The maximum atomic E-state index is 13.0. The predicted molar refractivity (Wildman–Crippen MR) is 83.9 cm³/mol. The van der Waals surface area contributed by atoms with Gasteiger partial charge in [-0.2, -0.15) is 0 Å². The van der Waals surface area contributed by atoms with Crippen LogP contribution in [0.25, 0.3) is 0 Å². The van der Waals surface area contributed by atoms with Gasteiger partial charge < -0.3 is 10.4 Å². The SMILES string of the molecule is CCc1ccc(C(C)NC(C)c2ccc(F)cc2O)cc1. The summed E-state index contributed by atoms with van der Waals surface area (Å²) in [6, 6.07) is 12.7. The Kier molecular flexibility index (Phi) is 4.97. The number of nitrogens with one attached hydrogen (secondary N) is 1. The third-order valence-electron chi connectivity index (χ3n) is 3.85. The minimum absolute atomic E-state index is 0.0106. The summed E-state index contributed by atoms with van der Waals surface area (Å²) in [4.78, 5) is 0. The fraction of sp³-hybridized carbons (Fsp3) is 0.333. The second-order valence-electron chi connectivity index (χ2n) is 5.41. The summed E-state index contributed by atoms with van der Waals surface area (Å²) in [5, 5.41) is 13.3. The Morgan fingerprint density at radius 2 is 1.71 bits per heavy atom. The lowest BCUT2D eigenvalue weighted by molar-refractivity contribution is 0.434. The van der Waals surface area contributed by atoms with E-state index < -0.39 is 5.82 Å². The number of benzene rings is 2. The number of rotatable bonds is 5. The van der Waals surface area contributed by atoms with Crippen molar-refractivity contribution < 1.29 is 9.50 Å². The lowest BCUT2D eigenvalue weighted by atomic mass is 10.0. The van der Waals surface area contributed by atoms with Gasteiger partial charge in [0.1, 0.15) is 11.6 Å². The van der Waals surface area contributed by atoms with Gasteiger partial charge in [-0.25, -0.2) is 4.39 Å². The first-order chi connectivity index (χ1) is 10.0. The number of hydrogen-bond donors (Lipinski definition) is 2. The standard InChI is InChI=1S/C18H22FNO/c1-4-14-5-7-15(8-6-14)12(2)20-13(3)17-10-9-16(19)11-18(17)21/h5-13,20-21H,4H2,1-3H3. The van der Waals surface area contributed by atoms with Crippen molar-refractivity contribution in [2.45, 2.75) is 39.3 Å². The van der Waals surface area contributed by atoms with E-state index in [2.05, 4.69) is 43.4 Å². The molecule has 0 aliphatic rings. The van der Waals surface area contributed by atoms with Crippen LogP contribution in [0.1, 0.15) is 49.5 Å². The minimum atomic E-state index is -0.424. The van der Waals surface area contributed by atoms with Crippen molar-refractivity contribution in [2.75, 3.05) is 0 Å². The maximum absolute atomic E-state index is 13.0. The first kappa shape index (κ1) is 15.5. The van der Waals surface area contributed by atoms with Gasteiger partial charge in [0.2, 0.25) is 0 Å². The van der Waals surface area contributed by atoms with Crippen LogP contribution < -0.4 is 5.32 Å². The van der Waals surface area contributed by atoms with E-state index in [1.165, 1.54) is 17.2 Å². The summed E-state index contributed by atoms with van der Waals surface area (Å²) >= 11 is 0. The normalized spacial score (nSPS) is 13.9. The van der Waals surface area contributed by atoms with Crippen molar-refractivity contribution in [2.24, 2.45) is 0 Å². The molecule has 0 aromatic heterocycles. The van der Waals surface area contributed by atoms with Crippen molar-refractivity contribution in [3.05, 3.63) is 65.0 Å². The monoisotopic (exact) mass is 287 g/mol. The van der Waals surface area contributed by atoms with Crippen molar-refractivity contribution in [1.29, 1.82) is 0 Å². The van der Waals surface area contributed by atoms with E-state index >= 15 is 0 Å². The molecule has 0 spiro atoms. The van der Waals surface area contributed by atoms with Crippen LogP contribution in [0.15, 0.2) is 42.5 Å². The second-order valence-corrected chi connectivity index (χ2v) is 5.41. The van der Waals surface area contributed by atoms with Crippen LogP contribution in [0.5, 0.6) is 5.75 Å². The van der Waals surface area contributed by atoms with Crippen LogP contribution in [0, 0.1) is 5.82 Å². The number of aryl methyl sites for hydroxylation is 1. The third kappa shape index (κ3) is 3.82. The molecule has 0 bridgehead atoms. The molecule has 2 aromatic carbocycles. The van der Waals surface area contributed by atoms with Crippen LogP contribution in [-0.2, 0) is 6.42 Å². The summed E-state index contributed by atoms with van der Waals surface area (Å²) in [7, 11) is 0. The highest BCUT2D eigenvalue weighted by atomic mass is 19.1. The molecule has 0 aliphatic heterocycles. The Labute approximate surface area is 125 Å². The molecular weight excluding hydrogens is 265 g/mol. The number of halogens is 1. The summed E-state index contributed by atoms with van der Waals surface area (Å²) in [5.41, 5.74) is 3.21. The molecule has 21 heavy (non-hydrogen) atoms. The van der Waals surface area contributed by atoms with Crippen LogP contribution in [0.4, 0.5) is 4.39 Å². The van der Waals surface area contributed by atoms with Gasteiger partial charge in [-0.05, 0) is 37.5 Å². The van der Waals surface area contributed by atoms with Gasteiger partial charge in [-0.3, -0.25) is 0 Å². The van der Waals surface area contributed by atoms with E-state index in [1.54, 1.807) is 6.07 Å². The molecule has 0 fully saturated rings. The smallest absolute Gasteiger partial charge is 0.126 e. The molecule has 2 atom stereocenters. The first-order valence-electron chi connectivity index (χ1n) is 7.34. The van der Waals surface area contributed by atoms with Crippen molar-refractivity contribution >= 4 is 0 Å². The molecule has 2 aromatic rings. The van der Waals surface area contributed by atoms with Gasteiger partial charge in [0, 0.05) is 23.7 Å². The highest BCUT2D eigenvalue weighted by Crippen LogP contribution is 2.27. The molecule has 112 valence electrons. The molecule has 0 amide bonds. The van der Waals surface area contributed by atoms with E-state index in [0.717, 1.165) is 12.5 Å². The van der Waals surface area contributed by atoms with Crippen LogP contribution in [-0.4, -0.2) is 5.11 Å². The molecule has 0 radical (unpaired) electrons. The average molecular weight is 287 g/mol. The highest BCUT2D eigenvalue weighted by molar-refractivity contribution is 5.35. The third-order valence-corrected chi connectivity index (χ3v) is 3.85. The second kappa shape index (κ2) is 6.72. The molecule has 2 unspecified atom stereocenters. The Morgan fingerprint density at radius 3 is 2.29 bits per heavy atom. The molecule has 0 heterocycles. The largest absolute Gasteiger partial charge is 0.508 e. The fourth-order valence-electron chi connectivity index (χ4n) is 2.49. The van der Waals surface area contributed by atoms with Gasteiger partial charge >= 0.3 is 0 Å². The van der Waals surface area contributed by atoms with E-state index in [-0.39, 0.29) is 17.8 Å². The zero-order valence-electron chi connectivity index (χ0n) is 12.7.